The van der Waals surface area contributed by atoms with Gasteiger partial charge in [-0.2, -0.15) is 0 Å². The summed E-state index contributed by atoms with van der Waals surface area (Å²) in [6.07, 6.45) is 3.25. The third kappa shape index (κ3) is 5.53. The fraction of sp³-hybridized carbons (Fsp3) is 0.565. The van der Waals surface area contributed by atoms with Crippen LogP contribution in [0.15, 0.2) is 36.5 Å². The van der Waals surface area contributed by atoms with Crippen molar-refractivity contribution in [3.05, 3.63) is 53.5 Å². The number of nitrogens with zero attached hydrogens (tertiary/aromatic N) is 5. The molecule has 156 valence electrons. The molecule has 0 spiro atoms. The summed E-state index contributed by atoms with van der Waals surface area (Å²) in [7, 11) is 0. The fourth-order valence-corrected chi connectivity index (χ4v) is 4.32. The summed E-state index contributed by atoms with van der Waals surface area (Å²) >= 11 is 0. The van der Waals surface area contributed by atoms with Crippen LogP contribution in [0.25, 0.3) is 0 Å². The minimum Gasteiger partial charge on any atom is -0.376 e. The van der Waals surface area contributed by atoms with Crippen LogP contribution in [0.4, 0.5) is 5.82 Å². The van der Waals surface area contributed by atoms with Gasteiger partial charge in [-0.05, 0) is 25.8 Å². The lowest BCUT2D eigenvalue weighted by Crippen LogP contribution is -2.50. The van der Waals surface area contributed by atoms with Crippen LogP contribution in [-0.4, -0.2) is 78.3 Å². The average Bonchev–Trinajstić information content (AvgIpc) is 2.96. The molecule has 4 rings (SSSR count). The van der Waals surface area contributed by atoms with Crippen molar-refractivity contribution in [3.63, 3.8) is 0 Å². The van der Waals surface area contributed by atoms with Crippen molar-refractivity contribution in [2.24, 2.45) is 0 Å². The largest absolute Gasteiger partial charge is 0.376 e. The van der Waals surface area contributed by atoms with Crippen LogP contribution in [0.2, 0.25) is 0 Å². The van der Waals surface area contributed by atoms with Crippen LogP contribution >= 0.6 is 0 Å². The second-order valence-electron chi connectivity index (χ2n) is 8.28. The first-order chi connectivity index (χ1) is 14.2. The van der Waals surface area contributed by atoms with Gasteiger partial charge in [-0.15, -0.1) is 0 Å². The Kier molecular flexibility index (Phi) is 6.74. The molecule has 2 aliphatic heterocycles. The van der Waals surface area contributed by atoms with E-state index < -0.39 is 0 Å². The first-order valence-electron chi connectivity index (χ1n) is 10.8. The van der Waals surface area contributed by atoms with Gasteiger partial charge in [0.15, 0.2) is 0 Å². The van der Waals surface area contributed by atoms with Crippen LogP contribution in [0.1, 0.15) is 23.4 Å². The quantitative estimate of drug-likeness (QED) is 0.775. The number of benzene rings is 1. The molecule has 0 aliphatic carbocycles. The average molecular weight is 396 g/mol. The Morgan fingerprint density at radius 1 is 1.00 bits per heavy atom. The smallest absolute Gasteiger partial charge is 0.150 e. The summed E-state index contributed by atoms with van der Waals surface area (Å²) < 4.78 is 6.20. The van der Waals surface area contributed by atoms with E-state index in [4.69, 9.17) is 9.72 Å². The lowest BCUT2D eigenvalue weighted by atomic mass is 10.2. The molecule has 3 heterocycles. The van der Waals surface area contributed by atoms with Crippen LogP contribution in [-0.2, 0) is 11.3 Å². The minimum atomic E-state index is 0.285. The Bertz CT molecular complexity index is 776. The van der Waals surface area contributed by atoms with Crippen LogP contribution in [0.5, 0.6) is 0 Å². The second-order valence-corrected chi connectivity index (χ2v) is 8.28. The molecule has 0 N–H and O–H groups in total. The molecule has 6 heteroatoms. The molecule has 1 atom stereocenters. The van der Waals surface area contributed by atoms with Crippen LogP contribution < -0.4 is 4.90 Å². The van der Waals surface area contributed by atoms with E-state index in [1.54, 1.807) is 0 Å². The fourth-order valence-electron chi connectivity index (χ4n) is 4.32. The van der Waals surface area contributed by atoms with Crippen molar-refractivity contribution in [1.29, 1.82) is 0 Å². The highest BCUT2D eigenvalue weighted by Gasteiger charge is 2.25. The van der Waals surface area contributed by atoms with Crippen LogP contribution in [0, 0.1) is 13.8 Å². The minimum absolute atomic E-state index is 0.285. The van der Waals surface area contributed by atoms with E-state index in [1.165, 1.54) is 5.56 Å². The molecule has 2 aliphatic rings. The zero-order valence-corrected chi connectivity index (χ0v) is 17.8. The monoisotopic (exact) mass is 395 g/mol. The predicted molar refractivity (Wildman–Crippen MR) is 116 cm³/mol. The summed E-state index contributed by atoms with van der Waals surface area (Å²) in [5, 5.41) is 0. The normalized spacial score (nSPS) is 21.9. The summed E-state index contributed by atoms with van der Waals surface area (Å²) in [6, 6.07) is 10.8. The summed E-state index contributed by atoms with van der Waals surface area (Å²) in [6.45, 7) is 13.2. The highest BCUT2D eigenvalue weighted by atomic mass is 16.5. The van der Waals surface area contributed by atoms with Crippen molar-refractivity contribution in [2.45, 2.75) is 32.9 Å². The van der Waals surface area contributed by atoms with E-state index in [9.17, 15) is 0 Å². The highest BCUT2D eigenvalue weighted by Crippen LogP contribution is 2.18. The first-order valence-corrected chi connectivity index (χ1v) is 10.8. The molecule has 1 aromatic carbocycles. The predicted octanol–water partition coefficient (Wildman–Crippen LogP) is 2.51. The molecule has 0 amide bonds. The zero-order chi connectivity index (χ0) is 20.1. The Morgan fingerprint density at radius 2 is 1.79 bits per heavy atom. The molecule has 1 aromatic heterocycles. The van der Waals surface area contributed by atoms with Gasteiger partial charge in [0, 0.05) is 65.2 Å². The molecule has 2 fully saturated rings. The number of anilines is 1. The molecule has 1 unspecified atom stereocenters. The van der Waals surface area contributed by atoms with Gasteiger partial charge in [-0.3, -0.25) is 14.8 Å². The topological polar surface area (TPSA) is 44.7 Å². The molecule has 0 saturated carbocycles. The number of ether oxygens (including phenoxy) is 1. The number of aromatic nitrogens is 2. The van der Waals surface area contributed by atoms with Crippen LogP contribution in [0.3, 0.4) is 0 Å². The summed E-state index contributed by atoms with van der Waals surface area (Å²) in [5.41, 5.74) is 3.39. The van der Waals surface area contributed by atoms with E-state index >= 15 is 0 Å². The van der Waals surface area contributed by atoms with Gasteiger partial charge in [0.25, 0.3) is 0 Å². The van der Waals surface area contributed by atoms with Gasteiger partial charge in [0.1, 0.15) is 5.82 Å². The SMILES string of the molecule is Cc1cnc(C)c(N2CCN(CC3CN(Cc4ccccc4)CCCO3)CC2)n1. The first kappa shape index (κ1) is 20.3. The standard InChI is InChI=1S/C23H33N5O/c1-19-15-24-20(2)23(25-19)28-12-10-26(11-13-28)17-22-18-27(9-6-14-29-22)16-21-7-4-3-5-8-21/h3-5,7-8,15,22H,6,9-14,16-18H2,1-2H3. The Morgan fingerprint density at radius 3 is 2.59 bits per heavy atom. The van der Waals surface area contributed by atoms with Crippen molar-refractivity contribution < 1.29 is 4.74 Å². The second kappa shape index (κ2) is 9.65. The maximum absolute atomic E-state index is 6.20. The van der Waals surface area contributed by atoms with Crippen molar-refractivity contribution in [2.75, 3.05) is 57.3 Å². The number of rotatable bonds is 5. The number of piperazine rings is 1. The van der Waals surface area contributed by atoms with Gasteiger partial charge >= 0.3 is 0 Å². The Labute approximate surface area is 174 Å². The number of hydrogen-bond acceptors (Lipinski definition) is 6. The van der Waals surface area contributed by atoms with Crippen molar-refractivity contribution in [1.82, 2.24) is 19.8 Å². The summed E-state index contributed by atoms with van der Waals surface area (Å²) in [4.78, 5) is 16.7. The third-order valence-electron chi connectivity index (χ3n) is 5.87. The highest BCUT2D eigenvalue weighted by molar-refractivity contribution is 5.43. The molecular formula is C23H33N5O. The Balaban J connectivity index is 1.29. The van der Waals surface area contributed by atoms with E-state index in [0.29, 0.717) is 0 Å². The molecule has 0 radical (unpaired) electrons. The molecule has 0 bridgehead atoms. The number of aryl methyl sites for hydroxylation is 2. The molecule has 6 nitrogen and oxygen atoms in total. The molecule has 29 heavy (non-hydrogen) atoms. The van der Waals surface area contributed by atoms with Crippen molar-refractivity contribution in [3.8, 4) is 0 Å². The zero-order valence-electron chi connectivity index (χ0n) is 17.8. The van der Waals surface area contributed by atoms with E-state index in [2.05, 4.69) is 56.9 Å². The lowest BCUT2D eigenvalue weighted by molar-refractivity contribution is 0.0245. The van der Waals surface area contributed by atoms with Gasteiger partial charge in [-0.25, -0.2) is 4.98 Å². The van der Waals surface area contributed by atoms with Gasteiger partial charge in [0.05, 0.1) is 17.5 Å². The molecule has 2 aromatic rings. The van der Waals surface area contributed by atoms with E-state index in [-0.39, 0.29) is 6.10 Å². The maximum atomic E-state index is 6.20. The lowest BCUT2D eigenvalue weighted by Gasteiger charge is -2.37. The third-order valence-corrected chi connectivity index (χ3v) is 5.87. The van der Waals surface area contributed by atoms with E-state index in [0.717, 1.165) is 82.6 Å². The van der Waals surface area contributed by atoms with Gasteiger partial charge < -0.3 is 9.64 Å². The maximum Gasteiger partial charge on any atom is 0.150 e. The van der Waals surface area contributed by atoms with Crippen molar-refractivity contribution >= 4 is 5.82 Å². The molecular weight excluding hydrogens is 362 g/mol. The Hall–Kier alpha value is -2.02. The number of hydrogen-bond donors (Lipinski definition) is 0. The molecule has 2 saturated heterocycles. The van der Waals surface area contributed by atoms with E-state index in [1.807, 2.05) is 13.1 Å². The van der Waals surface area contributed by atoms with Gasteiger partial charge in [0.2, 0.25) is 0 Å². The summed E-state index contributed by atoms with van der Waals surface area (Å²) in [5.74, 6) is 1.05. The van der Waals surface area contributed by atoms with Gasteiger partial charge in [-0.1, -0.05) is 30.3 Å².